The Kier molecular flexibility index (Phi) is 5.74. The highest BCUT2D eigenvalue weighted by atomic mass is 16.2. The number of pyridine rings is 1. The Hall–Kier alpha value is -2.36. The molecule has 0 aliphatic rings. The van der Waals surface area contributed by atoms with Crippen LogP contribution in [-0.2, 0) is 0 Å². The van der Waals surface area contributed by atoms with Crippen molar-refractivity contribution in [2.24, 2.45) is 0 Å². The standard InChI is InChI=1S/C19H25N3O/c1-5-22(6-2)19(23)18-12-11-15(13-20-18)21-17-10-8-7-9-16(17)14(3)4/h7-14,21H,5-6H2,1-4H3. The number of amides is 1. The molecule has 2 aromatic rings. The lowest BCUT2D eigenvalue weighted by atomic mass is 10.0. The van der Waals surface area contributed by atoms with Crippen molar-refractivity contribution in [2.45, 2.75) is 33.6 Å². The maximum Gasteiger partial charge on any atom is 0.272 e. The van der Waals surface area contributed by atoms with Gasteiger partial charge in [-0.3, -0.25) is 4.79 Å². The van der Waals surface area contributed by atoms with E-state index in [1.54, 1.807) is 17.2 Å². The summed E-state index contributed by atoms with van der Waals surface area (Å²) < 4.78 is 0. The third-order valence-electron chi connectivity index (χ3n) is 3.90. The highest BCUT2D eigenvalue weighted by Gasteiger charge is 2.13. The summed E-state index contributed by atoms with van der Waals surface area (Å²) >= 11 is 0. The van der Waals surface area contributed by atoms with Gasteiger partial charge in [0.25, 0.3) is 5.91 Å². The van der Waals surface area contributed by atoms with E-state index in [0.29, 0.717) is 24.7 Å². The SMILES string of the molecule is CCN(CC)C(=O)c1ccc(Nc2ccccc2C(C)C)cn1. The van der Waals surface area contributed by atoms with Crippen molar-refractivity contribution in [3.63, 3.8) is 0 Å². The summed E-state index contributed by atoms with van der Waals surface area (Å²) in [6, 6.07) is 11.9. The number of hydrogen-bond acceptors (Lipinski definition) is 3. The first-order valence-corrected chi connectivity index (χ1v) is 8.18. The molecule has 0 unspecified atom stereocenters. The lowest BCUT2D eigenvalue weighted by molar-refractivity contribution is 0.0767. The molecular formula is C19H25N3O. The lowest BCUT2D eigenvalue weighted by Crippen LogP contribution is -2.31. The number of hydrogen-bond donors (Lipinski definition) is 1. The molecule has 4 heteroatoms. The molecule has 0 spiro atoms. The van der Waals surface area contributed by atoms with Crippen LogP contribution in [0.4, 0.5) is 11.4 Å². The Morgan fingerprint density at radius 2 is 1.83 bits per heavy atom. The van der Waals surface area contributed by atoms with Gasteiger partial charge in [0.05, 0.1) is 11.9 Å². The van der Waals surface area contributed by atoms with Crippen LogP contribution in [0.3, 0.4) is 0 Å². The summed E-state index contributed by atoms with van der Waals surface area (Å²) in [5, 5.41) is 3.39. The maximum atomic E-state index is 12.3. The van der Waals surface area contributed by atoms with E-state index < -0.39 is 0 Å². The Morgan fingerprint density at radius 1 is 1.13 bits per heavy atom. The molecule has 1 heterocycles. The topological polar surface area (TPSA) is 45.2 Å². The van der Waals surface area contributed by atoms with Crippen LogP contribution < -0.4 is 5.32 Å². The summed E-state index contributed by atoms with van der Waals surface area (Å²) in [5.74, 6) is 0.416. The van der Waals surface area contributed by atoms with Gasteiger partial charge < -0.3 is 10.2 Å². The molecule has 1 amide bonds. The Bertz CT molecular complexity index is 646. The highest BCUT2D eigenvalue weighted by molar-refractivity contribution is 5.92. The minimum Gasteiger partial charge on any atom is -0.354 e. The number of carbonyl (C=O) groups excluding carboxylic acids is 1. The average molecular weight is 311 g/mol. The first kappa shape index (κ1) is 17.0. The first-order chi connectivity index (χ1) is 11.1. The molecule has 0 radical (unpaired) electrons. The first-order valence-electron chi connectivity index (χ1n) is 8.18. The van der Waals surface area contributed by atoms with E-state index in [0.717, 1.165) is 11.4 Å². The van der Waals surface area contributed by atoms with E-state index in [1.165, 1.54) is 5.56 Å². The fourth-order valence-electron chi connectivity index (χ4n) is 2.54. The van der Waals surface area contributed by atoms with Crippen LogP contribution in [0.2, 0.25) is 0 Å². The number of nitrogens with zero attached hydrogens (tertiary/aromatic N) is 2. The van der Waals surface area contributed by atoms with Gasteiger partial charge in [0, 0.05) is 18.8 Å². The maximum absolute atomic E-state index is 12.3. The normalized spacial score (nSPS) is 10.7. The second kappa shape index (κ2) is 7.77. The predicted octanol–water partition coefficient (Wildman–Crippen LogP) is 4.43. The van der Waals surface area contributed by atoms with Crippen LogP contribution in [0, 0.1) is 0 Å². The zero-order valence-electron chi connectivity index (χ0n) is 14.3. The van der Waals surface area contributed by atoms with Crippen LogP contribution in [0.1, 0.15) is 49.7 Å². The Balaban J connectivity index is 2.16. The highest BCUT2D eigenvalue weighted by Crippen LogP contribution is 2.26. The fraction of sp³-hybridized carbons (Fsp3) is 0.368. The van der Waals surface area contributed by atoms with Crippen molar-refractivity contribution in [1.29, 1.82) is 0 Å². The third kappa shape index (κ3) is 4.09. The smallest absolute Gasteiger partial charge is 0.272 e. The third-order valence-corrected chi connectivity index (χ3v) is 3.90. The van der Waals surface area contributed by atoms with Crippen molar-refractivity contribution in [3.05, 3.63) is 53.9 Å². The molecule has 0 saturated heterocycles. The molecule has 1 aromatic carbocycles. The largest absolute Gasteiger partial charge is 0.354 e. The van der Waals surface area contributed by atoms with Crippen molar-refractivity contribution < 1.29 is 4.79 Å². The second-order valence-electron chi connectivity index (χ2n) is 5.78. The minimum atomic E-state index is -0.0240. The van der Waals surface area contributed by atoms with Gasteiger partial charge in [-0.2, -0.15) is 0 Å². The summed E-state index contributed by atoms with van der Waals surface area (Å²) in [7, 11) is 0. The lowest BCUT2D eigenvalue weighted by Gasteiger charge is -2.18. The van der Waals surface area contributed by atoms with Gasteiger partial charge in [-0.1, -0.05) is 32.0 Å². The van der Waals surface area contributed by atoms with E-state index in [4.69, 9.17) is 0 Å². The number of carbonyl (C=O) groups is 1. The summed E-state index contributed by atoms with van der Waals surface area (Å²) in [6.45, 7) is 9.67. The zero-order chi connectivity index (χ0) is 16.8. The molecule has 1 aromatic heterocycles. The van der Waals surface area contributed by atoms with E-state index in [1.807, 2.05) is 32.0 Å². The molecule has 0 fully saturated rings. The molecular weight excluding hydrogens is 286 g/mol. The number of benzene rings is 1. The average Bonchev–Trinajstić information content (AvgIpc) is 2.57. The number of aromatic nitrogens is 1. The Morgan fingerprint density at radius 3 is 2.39 bits per heavy atom. The van der Waals surface area contributed by atoms with Gasteiger partial charge in [0.15, 0.2) is 0 Å². The molecule has 23 heavy (non-hydrogen) atoms. The number of nitrogens with one attached hydrogen (secondary N) is 1. The van der Waals surface area contributed by atoms with Crippen molar-refractivity contribution in [3.8, 4) is 0 Å². The minimum absolute atomic E-state index is 0.0240. The van der Waals surface area contributed by atoms with Crippen LogP contribution >= 0.6 is 0 Å². The van der Waals surface area contributed by atoms with Gasteiger partial charge in [-0.15, -0.1) is 0 Å². The molecule has 0 aliphatic carbocycles. The molecule has 122 valence electrons. The zero-order valence-corrected chi connectivity index (χ0v) is 14.3. The van der Waals surface area contributed by atoms with E-state index in [2.05, 4.69) is 36.3 Å². The molecule has 1 N–H and O–H groups in total. The molecule has 0 bridgehead atoms. The van der Waals surface area contributed by atoms with Crippen molar-refractivity contribution >= 4 is 17.3 Å². The van der Waals surface area contributed by atoms with Crippen molar-refractivity contribution in [2.75, 3.05) is 18.4 Å². The van der Waals surface area contributed by atoms with Crippen LogP contribution in [0.15, 0.2) is 42.6 Å². The number of rotatable bonds is 6. The van der Waals surface area contributed by atoms with Gasteiger partial charge in [0.1, 0.15) is 5.69 Å². The molecule has 0 atom stereocenters. The Labute approximate surface area is 138 Å². The quantitative estimate of drug-likeness (QED) is 0.858. The van der Waals surface area contributed by atoms with Gasteiger partial charge in [-0.25, -0.2) is 4.98 Å². The number of para-hydroxylation sites is 1. The summed E-state index contributed by atoms with van der Waals surface area (Å²) in [6.07, 6.45) is 1.72. The molecule has 0 aliphatic heterocycles. The van der Waals surface area contributed by atoms with Crippen molar-refractivity contribution in [1.82, 2.24) is 9.88 Å². The van der Waals surface area contributed by atoms with Crippen LogP contribution in [0.25, 0.3) is 0 Å². The molecule has 4 nitrogen and oxygen atoms in total. The van der Waals surface area contributed by atoms with E-state index in [-0.39, 0.29) is 5.91 Å². The van der Waals surface area contributed by atoms with Gasteiger partial charge in [-0.05, 0) is 43.5 Å². The summed E-state index contributed by atoms with van der Waals surface area (Å²) in [4.78, 5) is 18.3. The van der Waals surface area contributed by atoms with E-state index >= 15 is 0 Å². The van der Waals surface area contributed by atoms with Crippen LogP contribution in [-0.4, -0.2) is 28.9 Å². The summed E-state index contributed by atoms with van der Waals surface area (Å²) in [5.41, 5.74) is 3.70. The fourth-order valence-corrected chi connectivity index (χ4v) is 2.54. The van der Waals surface area contributed by atoms with E-state index in [9.17, 15) is 4.79 Å². The van der Waals surface area contributed by atoms with Gasteiger partial charge >= 0.3 is 0 Å². The monoisotopic (exact) mass is 311 g/mol. The predicted molar refractivity (Wildman–Crippen MR) is 95.3 cm³/mol. The number of anilines is 2. The van der Waals surface area contributed by atoms with Gasteiger partial charge in [0.2, 0.25) is 0 Å². The van der Waals surface area contributed by atoms with Crippen LogP contribution in [0.5, 0.6) is 0 Å². The molecule has 2 rings (SSSR count). The second-order valence-corrected chi connectivity index (χ2v) is 5.78. The molecule has 0 saturated carbocycles.